The van der Waals surface area contributed by atoms with E-state index in [4.69, 9.17) is 0 Å². The fourth-order valence-corrected chi connectivity index (χ4v) is 3.21. The van der Waals surface area contributed by atoms with Crippen LogP contribution in [0.1, 0.15) is 36.1 Å². The van der Waals surface area contributed by atoms with Gasteiger partial charge in [-0.2, -0.15) is 11.3 Å². The molecule has 1 unspecified atom stereocenters. The SMILES string of the molecule is CCCNC(Cc1cc(F)cc(F)c1)c1cscc1C. The third-order valence-electron chi connectivity index (χ3n) is 3.27. The number of hydrogen-bond acceptors (Lipinski definition) is 2. The van der Waals surface area contributed by atoms with Gasteiger partial charge in [0, 0.05) is 12.1 Å². The molecule has 20 heavy (non-hydrogen) atoms. The molecular formula is C16H19F2NS. The van der Waals surface area contributed by atoms with Crippen molar-refractivity contribution in [2.24, 2.45) is 0 Å². The Morgan fingerprint density at radius 2 is 1.85 bits per heavy atom. The van der Waals surface area contributed by atoms with Crippen LogP contribution in [0.4, 0.5) is 8.78 Å². The molecule has 0 saturated carbocycles. The Bertz CT molecular complexity index is 545. The highest BCUT2D eigenvalue weighted by molar-refractivity contribution is 7.08. The molecule has 1 heterocycles. The minimum absolute atomic E-state index is 0.0994. The number of nitrogens with one attached hydrogen (secondary N) is 1. The van der Waals surface area contributed by atoms with E-state index in [0.29, 0.717) is 12.0 Å². The monoisotopic (exact) mass is 295 g/mol. The summed E-state index contributed by atoms with van der Waals surface area (Å²) in [4.78, 5) is 0. The van der Waals surface area contributed by atoms with E-state index in [1.807, 2.05) is 0 Å². The molecule has 1 aromatic heterocycles. The molecule has 4 heteroatoms. The lowest BCUT2D eigenvalue weighted by atomic mass is 9.98. The molecule has 2 aromatic rings. The van der Waals surface area contributed by atoms with Crippen LogP contribution in [0.25, 0.3) is 0 Å². The van der Waals surface area contributed by atoms with Crippen molar-refractivity contribution in [1.82, 2.24) is 5.32 Å². The van der Waals surface area contributed by atoms with Crippen LogP contribution in [0, 0.1) is 18.6 Å². The Balaban J connectivity index is 2.21. The molecular weight excluding hydrogens is 276 g/mol. The zero-order valence-corrected chi connectivity index (χ0v) is 12.6. The molecule has 0 aliphatic rings. The Hall–Kier alpha value is -1.26. The molecule has 0 saturated heterocycles. The Morgan fingerprint density at radius 1 is 1.15 bits per heavy atom. The molecule has 0 aliphatic carbocycles. The normalized spacial score (nSPS) is 12.6. The van der Waals surface area contributed by atoms with Crippen LogP contribution >= 0.6 is 11.3 Å². The summed E-state index contributed by atoms with van der Waals surface area (Å²) in [5.74, 6) is -1.03. The van der Waals surface area contributed by atoms with Crippen molar-refractivity contribution in [2.45, 2.75) is 32.7 Å². The van der Waals surface area contributed by atoms with E-state index in [9.17, 15) is 8.78 Å². The van der Waals surface area contributed by atoms with Crippen LogP contribution < -0.4 is 5.32 Å². The first-order chi connectivity index (χ1) is 9.60. The highest BCUT2D eigenvalue weighted by Gasteiger charge is 2.15. The summed E-state index contributed by atoms with van der Waals surface area (Å²) in [7, 11) is 0. The van der Waals surface area contributed by atoms with Crippen molar-refractivity contribution in [1.29, 1.82) is 0 Å². The number of thiophene rings is 1. The average Bonchev–Trinajstić information content (AvgIpc) is 2.79. The largest absolute Gasteiger partial charge is 0.310 e. The zero-order valence-electron chi connectivity index (χ0n) is 11.7. The van der Waals surface area contributed by atoms with Gasteiger partial charge in [0.15, 0.2) is 0 Å². The zero-order chi connectivity index (χ0) is 14.5. The Kier molecular flexibility index (Phi) is 5.26. The van der Waals surface area contributed by atoms with E-state index >= 15 is 0 Å². The third-order valence-corrected chi connectivity index (χ3v) is 4.15. The van der Waals surface area contributed by atoms with Crippen LogP contribution in [-0.2, 0) is 6.42 Å². The third kappa shape index (κ3) is 3.87. The van der Waals surface area contributed by atoms with Crippen LogP contribution in [0.3, 0.4) is 0 Å². The smallest absolute Gasteiger partial charge is 0.126 e. The van der Waals surface area contributed by atoms with Gasteiger partial charge in [-0.1, -0.05) is 6.92 Å². The van der Waals surface area contributed by atoms with Gasteiger partial charge >= 0.3 is 0 Å². The number of rotatable bonds is 6. The predicted molar refractivity (Wildman–Crippen MR) is 80.2 cm³/mol. The summed E-state index contributed by atoms with van der Waals surface area (Å²) in [5.41, 5.74) is 3.12. The van der Waals surface area contributed by atoms with Gasteiger partial charge in [-0.25, -0.2) is 8.78 Å². The van der Waals surface area contributed by atoms with Gasteiger partial charge < -0.3 is 5.32 Å². The van der Waals surface area contributed by atoms with Gasteiger partial charge in [-0.05, 0) is 65.9 Å². The topological polar surface area (TPSA) is 12.0 Å². The molecule has 0 spiro atoms. The molecule has 1 aromatic carbocycles. The van der Waals surface area contributed by atoms with E-state index in [-0.39, 0.29) is 6.04 Å². The van der Waals surface area contributed by atoms with E-state index in [1.165, 1.54) is 23.3 Å². The maximum Gasteiger partial charge on any atom is 0.126 e. The molecule has 1 N–H and O–H groups in total. The second-order valence-electron chi connectivity index (χ2n) is 5.00. The first-order valence-corrected chi connectivity index (χ1v) is 7.75. The summed E-state index contributed by atoms with van der Waals surface area (Å²) in [6.07, 6.45) is 1.61. The molecule has 0 bridgehead atoms. The predicted octanol–water partition coefficient (Wildman–Crippen LogP) is 4.62. The summed E-state index contributed by atoms with van der Waals surface area (Å²) in [6, 6.07) is 3.83. The maximum atomic E-state index is 13.3. The van der Waals surface area contributed by atoms with E-state index in [1.54, 1.807) is 11.3 Å². The van der Waals surface area contributed by atoms with E-state index in [2.05, 4.69) is 29.9 Å². The molecule has 0 amide bonds. The van der Waals surface area contributed by atoms with Gasteiger partial charge in [-0.3, -0.25) is 0 Å². The molecule has 0 radical (unpaired) electrons. The van der Waals surface area contributed by atoms with Gasteiger partial charge in [0.2, 0.25) is 0 Å². The fourth-order valence-electron chi connectivity index (χ4n) is 2.30. The standard InChI is InChI=1S/C16H19F2NS/c1-3-4-19-16(15-10-20-9-11(15)2)7-12-5-13(17)8-14(18)6-12/h5-6,8-10,16,19H,3-4,7H2,1-2H3. The number of benzene rings is 1. The van der Waals surface area contributed by atoms with Crippen LogP contribution in [0.2, 0.25) is 0 Å². The maximum absolute atomic E-state index is 13.3. The number of aryl methyl sites for hydroxylation is 1. The van der Waals surface area contributed by atoms with Crippen molar-refractivity contribution >= 4 is 11.3 Å². The summed E-state index contributed by atoms with van der Waals surface area (Å²) < 4.78 is 26.6. The fraction of sp³-hybridized carbons (Fsp3) is 0.375. The summed E-state index contributed by atoms with van der Waals surface area (Å²) in [5, 5.41) is 7.67. The van der Waals surface area contributed by atoms with Crippen molar-refractivity contribution in [2.75, 3.05) is 6.54 Å². The molecule has 1 atom stereocenters. The number of halogens is 2. The minimum Gasteiger partial charge on any atom is -0.310 e. The molecule has 0 aliphatic heterocycles. The van der Waals surface area contributed by atoms with Crippen molar-refractivity contribution in [3.8, 4) is 0 Å². The highest BCUT2D eigenvalue weighted by atomic mass is 32.1. The van der Waals surface area contributed by atoms with Gasteiger partial charge in [0.25, 0.3) is 0 Å². The van der Waals surface area contributed by atoms with Gasteiger partial charge in [0.1, 0.15) is 11.6 Å². The molecule has 108 valence electrons. The molecule has 0 fully saturated rings. The van der Waals surface area contributed by atoms with Crippen molar-refractivity contribution in [3.05, 3.63) is 57.3 Å². The lowest BCUT2D eigenvalue weighted by Gasteiger charge is -2.19. The highest BCUT2D eigenvalue weighted by Crippen LogP contribution is 2.25. The lowest BCUT2D eigenvalue weighted by Crippen LogP contribution is -2.24. The van der Waals surface area contributed by atoms with Crippen molar-refractivity contribution < 1.29 is 8.78 Å². The van der Waals surface area contributed by atoms with Crippen molar-refractivity contribution in [3.63, 3.8) is 0 Å². The van der Waals surface area contributed by atoms with E-state index in [0.717, 1.165) is 19.0 Å². The quantitative estimate of drug-likeness (QED) is 0.820. The van der Waals surface area contributed by atoms with E-state index < -0.39 is 11.6 Å². The van der Waals surface area contributed by atoms with Gasteiger partial charge in [-0.15, -0.1) is 0 Å². The summed E-state index contributed by atoms with van der Waals surface area (Å²) in [6.45, 7) is 5.06. The molecule has 1 nitrogen and oxygen atoms in total. The summed E-state index contributed by atoms with van der Waals surface area (Å²) >= 11 is 1.66. The van der Waals surface area contributed by atoms with Crippen LogP contribution in [-0.4, -0.2) is 6.54 Å². The second kappa shape index (κ2) is 6.95. The first kappa shape index (κ1) is 15.1. The Labute approximate surface area is 122 Å². The first-order valence-electron chi connectivity index (χ1n) is 6.81. The Morgan fingerprint density at radius 3 is 2.40 bits per heavy atom. The van der Waals surface area contributed by atoms with Crippen LogP contribution in [0.15, 0.2) is 29.0 Å². The van der Waals surface area contributed by atoms with Crippen LogP contribution in [0.5, 0.6) is 0 Å². The average molecular weight is 295 g/mol. The molecule has 2 rings (SSSR count). The number of hydrogen-bond donors (Lipinski definition) is 1. The minimum atomic E-state index is -0.517. The second-order valence-corrected chi connectivity index (χ2v) is 5.74. The lowest BCUT2D eigenvalue weighted by molar-refractivity contribution is 0.522. The van der Waals surface area contributed by atoms with Gasteiger partial charge in [0.05, 0.1) is 0 Å².